The molecular formula is C15H23N3O. The first kappa shape index (κ1) is 13.9. The van der Waals surface area contributed by atoms with Crippen LogP contribution >= 0.6 is 0 Å². The summed E-state index contributed by atoms with van der Waals surface area (Å²) in [5.41, 5.74) is 2.33. The van der Waals surface area contributed by atoms with Crippen LogP contribution in [0.2, 0.25) is 0 Å². The number of likely N-dealkylation sites (N-methyl/N-ethyl adjacent to an activating group) is 1. The van der Waals surface area contributed by atoms with Gasteiger partial charge in [-0.15, -0.1) is 0 Å². The van der Waals surface area contributed by atoms with E-state index in [9.17, 15) is 4.79 Å². The molecule has 1 heterocycles. The number of piperidine rings is 1. The van der Waals surface area contributed by atoms with Gasteiger partial charge in [0.1, 0.15) is 0 Å². The number of anilines is 1. The van der Waals surface area contributed by atoms with Gasteiger partial charge in [0.25, 0.3) is 0 Å². The standard InChI is InChI=1S/C15H23N3O/c1-18(2)15(19)11-17-13-8-6-12(7-9-13)14-5-3-4-10-16-14/h6-9,14,16-17H,3-5,10-11H2,1-2H3/t14-/m0/s1. The van der Waals surface area contributed by atoms with Crippen molar-refractivity contribution in [3.63, 3.8) is 0 Å². The van der Waals surface area contributed by atoms with Crippen molar-refractivity contribution in [1.29, 1.82) is 0 Å². The number of hydrogen-bond donors (Lipinski definition) is 2. The maximum atomic E-state index is 11.5. The summed E-state index contributed by atoms with van der Waals surface area (Å²) >= 11 is 0. The number of hydrogen-bond acceptors (Lipinski definition) is 3. The molecule has 0 spiro atoms. The van der Waals surface area contributed by atoms with Crippen molar-refractivity contribution in [1.82, 2.24) is 10.2 Å². The van der Waals surface area contributed by atoms with E-state index in [-0.39, 0.29) is 5.91 Å². The van der Waals surface area contributed by atoms with Gasteiger partial charge in [-0.25, -0.2) is 0 Å². The van der Waals surface area contributed by atoms with Gasteiger partial charge >= 0.3 is 0 Å². The molecule has 1 aliphatic heterocycles. The summed E-state index contributed by atoms with van der Waals surface area (Å²) in [6.07, 6.45) is 3.80. The molecule has 1 amide bonds. The Morgan fingerprint density at radius 3 is 2.63 bits per heavy atom. The second-order valence-corrected chi connectivity index (χ2v) is 5.27. The van der Waals surface area contributed by atoms with E-state index in [0.29, 0.717) is 12.6 Å². The van der Waals surface area contributed by atoms with Gasteiger partial charge in [-0.3, -0.25) is 4.79 Å². The monoisotopic (exact) mass is 261 g/mol. The lowest BCUT2D eigenvalue weighted by Gasteiger charge is -2.24. The molecule has 0 unspecified atom stereocenters. The molecule has 0 aliphatic carbocycles. The van der Waals surface area contributed by atoms with E-state index in [1.54, 1.807) is 19.0 Å². The van der Waals surface area contributed by atoms with Crippen molar-refractivity contribution < 1.29 is 4.79 Å². The molecule has 0 radical (unpaired) electrons. The van der Waals surface area contributed by atoms with Crippen LogP contribution in [0.25, 0.3) is 0 Å². The summed E-state index contributed by atoms with van der Waals surface area (Å²) in [6, 6.07) is 8.88. The molecule has 19 heavy (non-hydrogen) atoms. The van der Waals surface area contributed by atoms with Crippen LogP contribution in [0, 0.1) is 0 Å². The van der Waals surface area contributed by atoms with Gasteiger partial charge in [0.2, 0.25) is 5.91 Å². The lowest BCUT2D eigenvalue weighted by atomic mass is 9.97. The molecule has 0 saturated carbocycles. The van der Waals surface area contributed by atoms with Gasteiger partial charge in [-0.2, -0.15) is 0 Å². The van der Waals surface area contributed by atoms with Crippen molar-refractivity contribution in [3.8, 4) is 0 Å². The van der Waals surface area contributed by atoms with Gasteiger partial charge in [0, 0.05) is 25.8 Å². The van der Waals surface area contributed by atoms with Gasteiger partial charge in [0.15, 0.2) is 0 Å². The Morgan fingerprint density at radius 2 is 2.05 bits per heavy atom. The smallest absolute Gasteiger partial charge is 0.241 e. The molecule has 1 aromatic carbocycles. The molecule has 1 aliphatic rings. The number of carbonyl (C=O) groups is 1. The van der Waals surface area contributed by atoms with Gasteiger partial charge in [-0.1, -0.05) is 18.6 Å². The second-order valence-electron chi connectivity index (χ2n) is 5.27. The molecule has 104 valence electrons. The number of nitrogens with zero attached hydrogens (tertiary/aromatic N) is 1. The first-order valence-corrected chi connectivity index (χ1v) is 6.94. The Balaban J connectivity index is 1.89. The van der Waals surface area contributed by atoms with Crippen LogP contribution in [-0.4, -0.2) is 38.0 Å². The third kappa shape index (κ3) is 3.96. The molecule has 4 heteroatoms. The van der Waals surface area contributed by atoms with Crippen molar-refractivity contribution in [2.75, 3.05) is 32.5 Å². The van der Waals surface area contributed by atoms with Crippen LogP contribution in [0.5, 0.6) is 0 Å². The average Bonchev–Trinajstić information content (AvgIpc) is 2.46. The topological polar surface area (TPSA) is 44.4 Å². The highest BCUT2D eigenvalue weighted by atomic mass is 16.2. The normalized spacial score (nSPS) is 18.9. The zero-order chi connectivity index (χ0) is 13.7. The molecule has 1 saturated heterocycles. The minimum Gasteiger partial charge on any atom is -0.376 e. The molecule has 0 aromatic heterocycles. The highest BCUT2D eigenvalue weighted by Gasteiger charge is 2.14. The second kappa shape index (κ2) is 6.57. The van der Waals surface area contributed by atoms with E-state index < -0.39 is 0 Å². The quantitative estimate of drug-likeness (QED) is 0.871. The van der Waals surface area contributed by atoms with E-state index in [1.807, 2.05) is 0 Å². The zero-order valence-electron chi connectivity index (χ0n) is 11.8. The lowest BCUT2D eigenvalue weighted by Crippen LogP contribution is -2.28. The van der Waals surface area contributed by atoms with Crippen LogP contribution in [0.4, 0.5) is 5.69 Å². The number of rotatable bonds is 4. The number of nitrogens with one attached hydrogen (secondary N) is 2. The summed E-state index contributed by atoms with van der Waals surface area (Å²) in [7, 11) is 3.53. The fourth-order valence-corrected chi connectivity index (χ4v) is 2.31. The lowest BCUT2D eigenvalue weighted by molar-refractivity contribution is -0.126. The van der Waals surface area contributed by atoms with E-state index in [4.69, 9.17) is 0 Å². The Hall–Kier alpha value is -1.55. The number of carbonyl (C=O) groups excluding carboxylic acids is 1. The third-order valence-corrected chi connectivity index (χ3v) is 3.57. The summed E-state index contributed by atoms with van der Waals surface area (Å²) in [4.78, 5) is 13.1. The average molecular weight is 261 g/mol. The van der Waals surface area contributed by atoms with Crippen LogP contribution in [0.1, 0.15) is 30.9 Å². The Labute approximate surface area is 115 Å². The fraction of sp³-hybridized carbons (Fsp3) is 0.533. The maximum Gasteiger partial charge on any atom is 0.241 e. The van der Waals surface area contributed by atoms with Crippen LogP contribution < -0.4 is 10.6 Å². The Morgan fingerprint density at radius 1 is 1.32 bits per heavy atom. The van der Waals surface area contributed by atoms with Crippen molar-refractivity contribution in [2.24, 2.45) is 0 Å². The van der Waals surface area contributed by atoms with E-state index in [0.717, 1.165) is 12.2 Å². The molecule has 1 fully saturated rings. The molecule has 0 bridgehead atoms. The predicted molar refractivity (Wildman–Crippen MR) is 78.2 cm³/mol. The molecule has 1 atom stereocenters. The van der Waals surface area contributed by atoms with E-state index >= 15 is 0 Å². The first-order valence-electron chi connectivity index (χ1n) is 6.94. The minimum absolute atomic E-state index is 0.0815. The summed E-state index contributed by atoms with van der Waals surface area (Å²) in [5.74, 6) is 0.0815. The summed E-state index contributed by atoms with van der Waals surface area (Å²) in [6.45, 7) is 1.45. The maximum absolute atomic E-state index is 11.5. The van der Waals surface area contributed by atoms with Crippen molar-refractivity contribution in [2.45, 2.75) is 25.3 Å². The SMILES string of the molecule is CN(C)C(=O)CNc1ccc([C@@H]2CCCCN2)cc1. The van der Waals surface area contributed by atoms with Crippen LogP contribution in [0.15, 0.2) is 24.3 Å². The van der Waals surface area contributed by atoms with Crippen molar-refractivity contribution >= 4 is 11.6 Å². The molecule has 4 nitrogen and oxygen atoms in total. The Kier molecular flexibility index (Phi) is 4.80. The van der Waals surface area contributed by atoms with E-state index in [2.05, 4.69) is 34.9 Å². The van der Waals surface area contributed by atoms with Gasteiger partial charge in [-0.05, 0) is 37.1 Å². The predicted octanol–water partition coefficient (Wildman–Crippen LogP) is 2.00. The third-order valence-electron chi connectivity index (χ3n) is 3.57. The summed E-state index contributed by atoms with van der Waals surface area (Å²) < 4.78 is 0. The zero-order valence-corrected chi connectivity index (χ0v) is 11.8. The van der Waals surface area contributed by atoms with Gasteiger partial charge < -0.3 is 15.5 Å². The van der Waals surface area contributed by atoms with E-state index in [1.165, 1.54) is 24.8 Å². The highest BCUT2D eigenvalue weighted by molar-refractivity contribution is 5.80. The summed E-state index contributed by atoms with van der Waals surface area (Å²) in [5, 5.41) is 6.68. The van der Waals surface area contributed by atoms with Crippen molar-refractivity contribution in [3.05, 3.63) is 29.8 Å². The first-order chi connectivity index (χ1) is 9.16. The number of amides is 1. The highest BCUT2D eigenvalue weighted by Crippen LogP contribution is 2.23. The largest absolute Gasteiger partial charge is 0.376 e. The van der Waals surface area contributed by atoms with Crippen LogP contribution in [0.3, 0.4) is 0 Å². The molecule has 2 N–H and O–H groups in total. The molecular weight excluding hydrogens is 238 g/mol. The van der Waals surface area contributed by atoms with Crippen LogP contribution in [-0.2, 0) is 4.79 Å². The minimum atomic E-state index is 0.0815. The van der Waals surface area contributed by atoms with Gasteiger partial charge in [0.05, 0.1) is 6.54 Å². The molecule has 1 aromatic rings. The number of benzene rings is 1. The Bertz CT molecular complexity index is 408. The molecule has 2 rings (SSSR count). The fourth-order valence-electron chi connectivity index (χ4n) is 2.31.